The Morgan fingerprint density at radius 1 is 1.14 bits per heavy atom. The Bertz CT molecular complexity index is 954. The largest absolute Gasteiger partial charge is 0.497 e. The van der Waals surface area contributed by atoms with Crippen LogP contribution in [0.15, 0.2) is 42.5 Å². The summed E-state index contributed by atoms with van der Waals surface area (Å²) in [6.07, 6.45) is 0. The number of hydrogen-bond acceptors (Lipinski definition) is 5. The first kappa shape index (κ1) is 20.2. The molecule has 0 bridgehead atoms. The minimum Gasteiger partial charge on any atom is -0.497 e. The number of amides is 4. The molecule has 0 saturated carbocycles. The fourth-order valence-corrected chi connectivity index (χ4v) is 3.19. The number of benzene rings is 2. The maximum atomic E-state index is 12.9. The molecule has 8 nitrogen and oxygen atoms in total. The van der Waals surface area contributed by atoms with Crippen molar-refractivity contribution in [1.82, 2.24) is 15.8 Å². The number of carbonyl (C=O) groups excluding carboxylic acids is 3. The van der Waals surface area contributed by atoms with E-state index in [0.717, 1.165) is 11.1 Å². The first-order chi connectivity index (χ1) is 13.8. The molecule has 1 aliphatic rings. The molecular formula is C21H23N3O5. The smallest absolute Gasteiger partial charge is 0.344 e. The number of aryl methyl sites for hydroxylation is 2. The summed E-state index contributed by atoms with van der Waals surface area (Å²) < 4.78 is 10.8. The highest BCUT2D eigenvalue weighted by Gasteiger charge is 2.50. The minimum absolute atomic E-state index is 0.335. The fourth-order valence-electron chi connectivity index (χ4n) is 3.19. The second-order valence-corrected chi connectivity index (χ2v) is 6.97. The molecule has 0 spiro atoms. The zero-order chi connectivity index (χ0) is 21.2. The quantitative estimate of drug-likeness (QED) is 0.729. The molecule has 152 valence electrons. The van der Waals surface area contributed by atoms with Gasteiger partial charge in [0.15, 0.2) is 6.61 Å². The fraction of sp³-hybridized carbons (Fsp3) is 0.286. The van der Waals surface area contributed by atoms with E-state index in [2.05, 4.69) is 10.7 Å². The maximum Gasteiger partial charge on any atom is 0.344 e. The van der Waals surface area contributed by atoms with Gasteiger partial charge in [-0.2, -0.15) is 5.01 Å². The van der Waals surface area contributed by atoms with E-state index < -0.39 is 23.4 Å². The van der Waals surface area contributed by atoms with Crippen molar-refractivity contribution >= 4 is 17.8 Å². The van der Waals surface area contributed by atoms with Crippen molar-refractivity contribution in [3.63, 3.8) is 0 Å². The van der Waals surface area contributed by atoms with E-state index in [9.17, 15) is 14.4 Å². The summed E-state index contributed by atoms with van der Waals surface area (Å²) in [6.45, 7) is 4.98. The van der Waals surface area contributed by atoms with Gasteiger partial charge in [0.2, 0.25) is 0 Å². The second-order valence-electron chi connectivity index (χ2n) is 6.97. The molecule has 29 heavy (non-hydrogen) atoms. The zero-order valence-corrected chi connectivity index (χ0v) is 16.7. The third-order valence-electron chi connectivity index (χ3n) is 4.83. The predicted molar refractivity (Wildman–Crippen MR) is 105 cm³/mol. The average molecular weight is 397 g/mol. The number of nitrogens with one attached hydrogen (secondary N) is 2. The van der Waals surface area contributed by atoms with E-state index in [1.165, 1.54) is 7.11 Å². The van der Waals surface area contributed by atoms with Crippen LogP contribution in [0, 0.1) is 13.8 Å². The summed E-state index contributed by atoms with van der Waals surface area (Å²) >= 11 is 0. The van der Waals surface area contributed by atoms with Gasteiger partial charge in [-0.3, -0.25) is 15.0 Å². The SMILES string of the molecule is COc1cccc([C@]2(C)NC(=O)N(NC(=O)COc3c(C)cccc3C)C2=O)c1. The monoisotopic (exact) mass is 397 g/mol. The topological polar surface area (TPSA) is 97.0 Å². The molecule has 1 atom stereocenters. The first-order valence-corrected chi connectivity index (χ1v) is 9.06. The maximum absolute atomic E-state index is 12.9. The van der Waals surface area contributed by atoms with Gasteiger partial charge in [-0.1, -0.05) is 30.3 Å². The number of urea groups is 1. The van der Waals surface area contributed by atoms with Gasteiger partial charge in [0.25, 0.3) is 11.8 Å². The summed E-state index contributed by atoms with van der Waals surface area (Å²) in [5, 5.41) is 3.30. The van der Waals surface area contributed by atoms with Crippen LogP contribution in [0.4, 0.5) is 4.79 Å². The highest BCUT2D eigenvalue weighted by atomic mass is 16.5. The summed E-state index contributed by atoms with van der Waals surface area (Å²) in [5.41, 5.74) is 3.31. The molecule has 2 N–H and O–H groups in total. The zero-order valence-electron chi connectivity index (χ0n) is 16.7. The number of hydrogen-bond donors (Lipinski definition) is 2. The Labute approximate surface area is 168 Å². The molecule has 1 heterocycles. The van der Waals surface area contributed by atoms with Crippen LogP contribution in [0.5, 0.6) is 11.5 Å². The summed E-state index contributed by atoms with van der Waals surface area (Å²) in [7, 11) is 1.51. The number of methoxy groups -OCH3 is 1. The van der Waals surface area contributed by atoms with E-state index >= 15 is 0 Å². The molecule has 1 saturated heterocycles. The average Bonchev–Trinajstić information content (AvgIpc) is 2.91. The van der Waals surface area contributed by atoms with Crippen LogP contribution < -0.4 is 20.2 Å². The molecule has 8 heteroatoms. The highest BCUT2D eigenvalue weighted by molar-refractivity contribution is 6.08. The van der Waals surface area contributed by atoms with Gasteiger partial charge in [0, 0.05) is 0 Å². The van der Waals surface area contributed by atoms with Gasteiger partial charge in [0.05, 0.1) is 7.11 Å². The van der Waals surface area contributed by atoms with Gasteiger partial charge < -0.3 is 14.8 Å². The Hall–Kier alpha value is -3.55. The molecular weight excluding hydrogens is 374 g/mol. The lowest BCUT2D eigenvalue weighted by Crippen LogP contribution is -2.49. The van der Waals surface area contributed by atoms with Crippen LogP contribution >= 0.6 is 0 Å². The molecule has 2 aromatic carbocycles. The Morgan fingerprint density at radius 3 is 2.45 bits per heavy atom. The molecule has 3 rings (SSSR count). The number of imide groups is 1. The third-order valence-corrected chi connectivity index (χ3v) is 4.83. The van der Waals surface area contributed by atoms with Crippen molar-refractivity contribution in [1.29, 1.82) is 0 Å². The standard InChI is InChI=1S/C21H23N3O5/c1-13-7-5-8-14(2)18(13)29-12-17(25)23-24-19(26)21(3,22-20(24)27)15-9-6-10-16(11-15)28-4/h5-11H,12H2,1-4H3,(H,22,27)(H,23,25)/t21-/m0/s1. The van der Waals surface area contributed by atoms with E-state index in [0.29, 0.717) is 22.1 Å². The molecule has 2 aromatic rings. The molecule has 0 unspecified atom stereocenters. The molecule has 0 aromatic heterocycles. The summed E-state index contributed by atoms with van der Waals surface area (Å²) in [5.74, 6) is -0.0708. The third kappa shape index (κ3) is 3.87. The van der Waals surface area contributed by atoms with Crippen LogP contribution in [0.25, 0.3) is 0 Å². The lowest BCUT2D eigenvalue weighted by molar-refractivity contribution is -0.139. The van der Waals surface area contributed by atoms with Gasteiger partial charge in [-0.05, 0) is 49.6 Å². The predicted octanol–water partition coefficient (Wildman–Crippen LogP) is 2.19. The van der Waals surface area contributed by atoms with Crippen LogP contribution in [0.2, 0.25) is 0 Å². The Morgan fingerprint density at radius 2 is 1.79 bits per heavy atom. The van der Waals surface area contributed by atoms with Crippen molar-refractivity contribution in [3.8, 4) is 11.5 Å². The Kier molecular flexibility index (Phi) is 5.45. The van der Waals surface area contributed by atoms with Crippen LogP contribution in [0.1, 0.15) is 23.6 Å². The number of ether oxygens (including phenoxy) is 2. The van der Waals surface area contributed by atoms with E-state index in [-0.39, 0.29) is 6.61 Å². The van der Waals surface area contributed by atoms with E-state index in [1.807, 2.05) is 32.0 Å². The Balaban J connectivity index is 1.70. The van der Waals surface area contributed by atoms with Crippen molar-refractivity contribution in [2.24, 2.45) is 0 Å². The molecule has 0 radical (unpaired) electrons. The van der Waals surface area contributed by atoms with Crippen molar-refractivity contribution in [2.75, 3.05) is 13.7 Å². The molecule has 0 aliphatic carbocycles. The lowest BCUT2D eigenvalue weighted by Gasteiger charge is -2.22. The number of para-hydroxylation sites is 1. The van der Waals surface area contributed by atoms with Gasteiger partial charge in [-0.15, -0.1) is 0 Å². The van der Waals surface area contributed by atoms with Gasteiger partial charge in [-0.25, -0.2) is 4.79 Å². The number of nitrogens with zero attached hydrogens (tertiary/aromatic N) is 1. The van der Waals surface area contributed by atoms with E-state index in [1.54, 1.807) is 31.2 Å². The second kappa shape index (κ2) is 7.83. The van der Waals surface area contributed by atoms with Crippen molar-refractivity contribution in [3.05, 3.63) is 59.2 Å². The summed E-state index contributed by atoms with van der Waals surface area (Å²) in [6, 6.07) is 11.7. The van der Waals surface area contributed by atoms with Crippen molar-refractivity contribution < 1.29 is 23.9 Å². The van der Waals surface area contributed by atoms with Crippen LogP contribution in [0.3, 0.4) is 0 Å². The normalized spacial score (nSPS) is 18.4. The van der Waals surface area contributed by atoms with Gasteiger partial charge in [0.1, 0.15) is 17.0 Å². The minimum atomic E-state index is -1.33. The van der Waals surface area contributed by atoms with Crippen molar-refractivity contribution in [2.45, 2.75) is 26.3 Å². The van der Waals surface area contributed by atoms with E-state index in [4.69, 9.17) is 9.47 Å². The lowest BCUT2D eigenvalue weighted by atomic mass is 9.92. The molecule has 1 fully saturated rings. The highest BCUT2D eigenvalue weighted by Crippen LogP contribution is 2.30. The van der Waals surface area contributed by atoms with Crippen LogP contribution in [-0.4, -0.2) is 36.6 Å². The summed E-state index contributed by atoms with van der Waals surface area (Å²) in [4.78, 5) is 37.6. The number of carbonyl (C=O) groups is 3. The molecule has 4 amide bonds. The van der Waals surface area contributed by atoms with Gasteiger partial charge >= 0.3 is 6.03 Å². The van der Waals surface area contributed by atoms with Crippen LogP contribution in [-0.2, 0) is 15.1 Å². The molecule has 1 aliphatic heterocycles. The number of rotatable bonds is 6. The first-order valence-electron chi connectivity index (χ1n) is 9.06. The number of hydrazine groups is 1.